The fourth-order valence-electron chi connectivity index (χ4n) is 1.82. The normalized spacial score (nSPS) is 11.1. The lowest BCUT2D eigenvalue weighted by atomic mass is 10.1. The van der Waals surface area contributed by atoms with Gasteiger partial charge in [0.1, 0.15) is 5.56 Å². The number of hydrogen-bond acceptors (Lipinski definition) is 5. The molecule has 0 amide bonds. The Morgan fingerprint density at radius 1 is 1.19 bits per heavy atom. The first-order chi connectivity index (χ1) is 9.82. The predicted octanol–water partition coefficient (Wildman–Crippen LogP) is 1.86. The second-order valence-corrected chi connectivity index (χ2v) is 6.40. The molecule has 0 spiro atoms. The van der Waals surface area contributed by atoms with Gasteiger partial charge in [-0.3, -0.25) is 0 Å². The molecule has 1 heterocycles. The van der Waals surface area contributed by atoms with Gasteiger partial charge in [0.2, 0.25) is 5.88 Å². The van der Waals surface area contributed by atoms with E-state index < -0.39 is 15.8 Å². The average molecular weight is 307 g/mol. The van der Waals surface area contributed by atoms with Gasteiger partial charge in [-0.15, -0.1) is 0 Å². The third-order valence-electron chi connectivity index (χ3n) is 2.89. The molecule has 0 aliphatic carbocycles. The fraction of sp³-hybridized carbons (Fsp3) is 0.143. The van der Waals surface area contributed by atoms with Gasteiger partial charge in [-0.05, 0) is 23.8 Å². The van der Waals surface area contributed by atoms with Gasteiger partial charge in [0, 0.05) is 18.0 Å². The van der Waals surface area contributed by atoms with Crippen molar-refractivity contribution in [1.82, 2.24) is 4.98 Å². The summed E-state index contributed by atoms with van der Waals surface area (Å²) < 4.78 is 27.7. The molecule has 110 valence electrons. The summed E-state index contributed by atoms with van der Waals surface area (Å²) in [5, 5.41) is 9.12. The van der Waals surface area contributed by atoms with E-state index in [-0.39, 0.29) is 16.3 Å². The van der Waals surface area contributed by atoms with Gasteiger partial charge in [0.15, 0.2) is 9.84 Å². The Morgan fingerprint density at radius 2 is 1.81 bits per heavy atom. The van der Waals surface area contributed by atoms with Gasteiger partial charge in [-0.25, -0.2) is 18.2 Å². The summed E-state index contributed by atoms with van der Waals surface area (Å²) in [6, 6.07) is 7.57. The Hall–Kier alpha value is -2.41. The molecule has 1 N–H and O–H groups in total. The van der Waals surface area contributed by atoms with E-state index in [9.17, 15) is 13.2 Å². The molecule has 0 aliphatic heterocycles. The van der Waals surface area contributed by atoms with Crippen LogP contribution in [0.4, 0.5) is 0 Å². The minimum Gasteiger partial charge on any atom is -0.480 e. The van der Waals surface area contributed by atoms with E-state index in [1.165, 1.54) is 31.5 Å². The number of methoxy groups -OCH3 is 1. The van der Waals surface area contributed by atoms with Crippen molar-refractivity contribution < 1.29 is 23.1 Å². The average Bonchev–Trinajstić information content (AvgIpc) is 2.45. The molecule has 0 saturated heterocycles. The first kappa shape index (κ1) is 15.0. The number of ether oxygens (including phenoxy) is 1. The van der Waals surface area contributed by atoms with Gasteiger partial charge in [0.25, 0.3) is 0 Å². The molecule has 0 bridgehead atoms. The summed E-state index contributed by atoms with van der Waals surface area (Å²) in [5.74, 6) is -1.12. The maximum Gasteiger partial charge on any atom is 0.341 e. The van der Waals surface area contributed by atoms with Crippen molar-refractivity contribution in [2.24, 2.45) is 0 Å². The van der Waals surface area contributed by atoms with Crippen LogP contribution in [0.5, 0.6) is 5.88 Å². The highest BCUT2D eigenvalue weighted by atomic mass is 32.2. The van der Waals surface area contributed by atoms with Crippen LogP contribution in [0, 0.1) is 0 Å². The number of nitrogens with zero attached hydrogens (tertiary/aromatic N) is 1. The Balaban J connectivity index is 2.47. The molecule has 2 aromatic rings. The van der Waals surface area contributed by atoms with Gasteiger partial charge < -0.3 is 9.84 Å². The summed E-state index contributed by atoms with van der Waals surface area (Å²) in [6.45, 7) is 0. The Kier molecular flexibility index (Phi) is 3.95. The smallest absolute Gasteiger partial charge is 0.341 e. The molecule has 0 saturated carbocycles. The van der Waals surface area contributed by atoms with E-state index in [1.807, 2.05) is 0 Å². The van der Waals surface area contributed by atoms with Crippen LogP contribution in [0.25, 0.3) is 11.1 Å². The molecule has 0 unspecified atom stereocenters. The number of hydrogen-bond donors (Lipinski definition) is 1. The summed E-state index contributed by atoms with van der Waals surface area (Å²) in [5.41, 5.74) is 1.18. The molecule has 0 atom stereocenters. The molecule has 0 radical (unpaired) electrons. The number of benzene rings is 1. The monoisotopic (exact) mass is 307 g/mol. The van der Waals surface area contributed by atoms with Gasteiger partial charge in [-0.2, -0.15) is 0 Å². The van der Waals surface area contributed by atoms with Crippen molar-refractivity contribution >= 4 is 15.8 Å². The van der Waals surface area contributed by atoms with E-state index in [1.54, 1.807) is 12.1 Å². The van der Waals surface area contributed by atoms with E-state index in [4.69, 9.17) is 9.84 Å². The van der Waals surface area contributed by atoms with Gasteiger partial charge in [-0.1, -0.05) is 12.1 Å². The summed E-state index contributed by atoms with van der Waals surface area (Å²) in [6.07, 6.45) is 2.60. The Labute approximate surface area is 121 Å². The van der Waals surface area contributed by atoms with Crippen molar-refractivity contribution in [3.05, 3.63) is 42.1 Å². The number of carbonyl (C=O) groups is 1. The number of sulfone groups is 1. The van der Waals surface area contributed by atoms with E-state index in [2.05, 4.69) is 4.98 Å². The second-order valence-electron chi connectivity index (χ2n) is 4.38. The highest BCUT2D eigenvalue weighted by Gasteiger charge is 2.14. The van der Waals surface area contributed by atoms with Crippen LogP contribution in [0.2, 0.25) is 0 Å². The number of rotatable bonds is 4. The van der Waals surface area contributed by atoms with Crippen LogP contribution >= 0.6 is 0 Å². The minimum atomic E-state index is -3.26. The second kappa shape index (κ2) is 5.53. The third-order valence-corrected chi connectivity index (χ3v) is 4.02. The number of pyridine rings is 1. The molecule has 6 nitrogen and oxygen atoms in total. The van der Waals surface area contributed by atoms with Crippen LogP contribution < -0.4 is 4.74 Å². The lowest BCUT2D eigenvalue weighted by Crippen LogP contribution is -2.03. The zero-order valence-electron chi connectivity index (χ0n) is 11.4. The largest absolute Gasteiger partial charge is 0.480 e. The predicted molar refractivity (Wildman–Crippen MR) is 76.3 cm³/mol. The zero-order chi connectivity index (χ0) is 15.6. The summed E-state index contributed by atoms with van der Waals surface area (Å²) >= 11 is 0. The van der Waals surface area contributed by atoms with Crippen molar-refractivity contribution in [1.29, 1.82) is 0 Å². The highest BCUT2D eigenvalue weighted by Crippen LogP contribution is 2.25. The van der Waals surface area contributed by atoms with Crippen molar-refractivity contribution in [2.45, 2.75) is 4.90 Å². The van der Waals surface area contributed by atoms with Crippen molar-refractivity contribution in [2.75, 3.05) is 13.4 Å². The van der Waals surface area contributed by atoms with Crippen LogP contribution in [-0.2, 0) is 9.84 Å². The molecule has 7 heteroatoms. The number of carboxylic acids is 1. The lowest BCUT2D eigenvalue weighted by Gasteiger charge is -2.07. The molecular weight excluding hydrogens is 294 g/mol. The number of carboxylic acid groups (broad SMARTS) is 1. The van der Waals surface area contributed by atoms with E-state index >= 15 is 0 Å². The molecule has 21 heavy (non-hydrogen) atoms. The maximum atomic E-state index is 11.4. The molecule has 2 rings (SSSR count). The maximum absolute atomic E-state index is 11.4. The molecule has 0 fully saturated rings. The van der Waals surface area contributed by atoms with Crippen LogP contribution in [0.15, 0.2) is 41.4 Å². The van der Waals surface area contributed by atoms with Crippen molar-refractivity contribution in [3.63, 3.8) is 0 Å². The van der Waals surface area contributed by atoms with Crippen LogP contribution in [-0.4, -0.2) is 37.8 Å². The Morgan fingerprint density at radius 3 is 2.29 bits per heavy atom. The summed E-state index contributed by atoms with van der Waals surface area (Å²) in [4.78, 5) is 15.3. The summed E-state index contributed by atoms with van der Waals surface area (Å²) in [7, 11) is -1.92. The molecule has 1 aromatic carbocycles. The molecule has 1 aromatic heterocycles. The fourth-order valence-corrected chi connectivity index (χ4v) is 2.45. The standard InChI is InChI=1S/C14H13NO5S/c1-20-13-12(14(16)17)7-10(8-15-13)9-3-5-11(6-4-9)21(2,18)19/h3-8H,1-2H3,(H,16,17). The van der Waals surface area contributed by atoms with Crippen LogP contribution in [0.3, 0.4) is 0 Å². The molecule has 0 aliphatic rings. The van der Waals surface area contributed by atoms with Crippen molar-refractivity contribution in [3.8, 4) is 17.0 Å². The minimum absolute atomic E-state index is 0.0269. The highest BCUT2D eigenvalue weighted by molar-refractivity contribution is 7.90. The quantitative estimate of drug-likeness (QED) is 0.926. The van der Waals surface area contributed by atoms with Gasteiger partial charge >= 0.3 is 5.97 Å². The first-order valence-electron chi connectivity index (χ1n) is 5.91. The number of aromatic carboxylic acids is 1. The van der Waals surface area contributed by atoms with Crippen LogP contribution in [0.1, 0.15) is 10.4 Å². The topological polar surface area (TPSA) is 93.6 Å². The van der Waals surface area contributed by atoms with E-state index in [0.717, 1.165) is 6.26 Å². The third kappa shape index (κ3) is 3.19. The van der Waals surface area contributed by atoms with Gasteiger partial charge in [0.05, 0.1) is 12.0 Å². The SMILES string of the molecule is COc1ncc(-c2ccc(S(C)(=O)=O)cc2)cc1C(=O)O. The first-order valence-corrected chi connectivity index (χ1v) is 7.80. The lowest BCUT2D eigenvalue weighted by molar-refractivity contribution is 0.0692. The van der Waals surface area contributed by atoms with E-state index in [0.29, 0.717) is 11.1 Å². The number of aromatic nitrogens is 1. The Bertz CT molecular complexity index is 782. The zero-order valence-corrected chi connectivity index (χ0v) is 12.2. The molecular formula is C14H13NO5S.